The molecule has 1 aliphatic rings. The van der Waals surface area contributed by atoms with Crippen LogP contribution in [0.1, 0.15) is 66.7 Å². The van der Waals surface area contributed by atoms with Crippen molar-refractivity contribution in [3.05, 3.63) is 0 Å². The maximum Gasteiger partial charge on any atom is 0.320 e. The van der Waals surface area contributed by atoms with Gasteiger partial charge in [-0.25, -0.2) is 0 Å². The lowest BCUT2D eigenvalue weighted by Crippen LogP contribution is -2.39. The number of hydrogen-bond donors (Lipinski definition) is 0. The van der Waals surface area contributed by atoms with Crippen LogP contribution in [0.15, 0.2) is 5.16 Å². The Morgan fingerprint density at radius 1 is 1.14 bits per heavy atom. The minimum atomic E-state index is -2.04. The number of hydrogen-bond acceptors (Lipinski definition) is 6. The summed E-state index contributed by atoms with van der Waals surface area (Å²) in [7, 11) is -2.04. The summed E-state index contributed by atoms with van der Waals surface area (Å²) in [6.07, 6.45) is 3.58. The first kappa shape index (κ1) is 26.0. The highest BCUT2D eigenvalue weighted by molar-refractivity contribution is 6.74. The molecule has 2 atom stereocenters. The lowest BCUT2D eigenvalue weighted by molar-refractivity contribution is -0.162. The molecule has 0 N–H and O–H groups in total. The molecule has 0 bridgehead atoms. The van der Waals surface area contributed by atoms with Crippen LogP contribution < -0.4 is 0 Å². The molecular weight excluding hydrogens is 410 g/mol. The molecule has 0 aromatic carbocycles. The average molecular weight is 448 g/mol. The number of oxime groups is 1. The van der Waals surface area contributed by atoms with Gasteiger partial charge in [0.05, 0.1) is 24.3 Å². The maximum absolute atomic E-state index is 12.3. The molecule has 6 nitrogen and oxygen atoms in total. The molecule has 0 heterocycles. The highest BCUT2D eigenvalue weighted by Crippen LogP contribution is 2.37. The Bertz CT molecular complexity index is 570. The zero-order valence-corrected chi connectivity index (χ0v) is 20.8. The molecule has 168 valence electrons. The van der Waals surface area contributed by atoms with Crippen molar-refractivity contribution in [3.8, 4) is 0 Å². The van der Waals surface area contributed by atoms with Crippen LogP contribution in [0.5, 0.6) is 0 Å². The fraction of sp³-hybridized carbons (Fsp3) is 0.857. The van der Waals surface area contributed by atoms with Gasteiger partial charge in [0, 0.05) is 0 Å². The molecule has 0 aromatic rings. The second-order valence-electron chi connectivity index (χ2n) is 9.20. The van der Waals surface area contributed by atoms with E-state index in [1.807, 2.05) is 0 Å². The molecule has 1 saturated carbocycles. The molecule has 2 unspecified atom stereocenters. The quantitative estimate of drug-likeness (QED) is 0.126. The minimum absolute atomic E-state index is 0.0436. The van der Waals surface area contributed by atoms with E-state index in [2.05, 4.69) is 39.0 Å². The van der Waals surface area contributed by atoms with E-state index in [-0.39, 0.29) is 29.5 Å². The Morgan fingerprint density at radius 3 is 2.17 bits per heavy atom. The first-order valence-corrected chi connectivity index (χ1v) is 14.0. The summed E-state index contributed by atoms with van der Waals surface area (Å²) < 4.78 is 16.3. The Labute approximate surface area is 181 Å². The van der Waals surface area contributed by atoms with Crippen molar-refractivity contribution in [1.82, 2.24) is 0 Å². The number of alkyl halides is 1. The fourth-order valence-corrected chi connectivity index (χ4v) is 3.89. The Kier molecular flexibility index (Phi) is 10.2. The van der Waals surface area contributed by atoms with Gasteiger partial charge >= 0.3 is 11.9 Å². The summed E-state index contributed by atoms with van der Waals surface area (Å²) in [5, 5.41) is 4.35. The van der Waals surface area contributed by atoms with Gasteiger partial charge in [0.15, 0.2) is 5.92 Å². The van der Waals surface area contributed by atoms with Crippen molar-refractivity contribution in [2.45, 2.75) is 90.2 Å². The molecule has 0 radical (unpaired) electrons. The van der Waals surface area contributed by atoms with E-state index in [0.717, 1.165) is 25.0 Å². The monoisotopic (exact) mass is 447 g/mol. The van der Waals surface area contributed by atoms with Crippen molar-refractivity contribution in [2.24, 2.45) is 17.0 Å². The maximum atomic E-state index is 12.3. The summed E-state index contributed by atoms with van der Waals surface area (Å²) in [6, 6.07) is 0. The van der Waals surface area contributed by atoms with E-state index in [0.29, 0.717) is 12.8 Å². The van der Waals surface area contributed by atoms with Gasteiger partial charge in [0.1, 0.15) is 0 Å². The number of rotatable bonds is 8. The summed E-state index contributed by atoms with van der Waals surface area (Å²) in [6.45, 7) is 14.7. The predicted molar refractivity (Wildman–Crippen MR) is 119 cm³/mol. The standard InChI is InChI=1S/C21H38ClNO5Si/c1-8-26-19(24)16(20(25)27-9-2)13-15-11-10-12-17(22)18(14-15)23-28-29(6,7)21(3,4)5/h15-17H,8-14H2,1-7H3. The smallest absolute Gasteiger partial charge is 0.320 e. The molecular formula is C21H38ClNO5Si. The van der Waals surface area contributed by atoms with Crippen LogP contribution >= 0.6 is 11.6 Å². The lowest BCUT2D eigenvalue weighted by atomic mass is 9.88. The number of carbonyl (C=O) groups excluding carboxylic acids is 2. The van der Waals surface area contributed by atoms with Crippen LogP contribution in [0, 0.1) is 11.8 Å². The van der Waals surface area contributed by atoms with Crippen LogP contribution in [-0.4, -0.2) is 44.6 Å². The molecule has 1 fully saturated rings. The minimum Gasteiger partial charge on any atom is -0.465 e. The van der Waals surface area contributed by atoms with Crippen molar-refractivity contribution in [2.75, 3.05) is 13.2 Å². The van der Waals surface area contributed by atoms with E-state index < -0.39 is 26.2 Å². The molecule has 0 amide bonds. The zero-order chi connectivity index (χ0) is 22.2. The van der Waals surface area contributed by atoms with Crippen molar-refractivity contribution in [1.29, 1.82) is 0 Å². The highest BCUT2D eigenvalue weighted by atomic mass is 35.5. The highest BCUT2D eigenvalue weighted by Gasteiger charge is 2.40. The molecule has 0 spiro atoms. The number of esters is 2. The second kappa shape index (κ2) is 11.3. The number of halogens is 1. The van der Waals surface area contributed by atoms with E-state index in [1.165, 1.54) is 0 Å². The summed E-state index contributed by atoms with van der Waals surface area (Å²) >= 11 is 6.58. The first-order chi connectivity index (χ1) is 13.4. The number of ether oxygens (including phenoxy) is 2. The van der Waals surface area contributed by atoms with Gasteiger partial charge in [-0.15, -0.1) is 16.8 Å². The molecule has 8 heteroatoms. The third kappa shape index (κ3) is 7.93. The van der Waals surface area contributed by atoms with Crippen molar-refractivity contribution >= 4 is 37.6 Å². The topological polar surface area (TPSA) is 74.2 Å². The second-order valence-corrected chi connectivity index (χ2v) is 14.4. The van der Waals surface area contributed by atoms with Gasteiger partial charge in [0.25, 0.3) is 8.32 Å². The first-order valence-electron chi connectivity index (χ1n) is 10.6. The fourth-order valence-electron chi connectivity index (χ4n) is 2.99. The molecule has 0 aromatic heterocycles. The number of nitrogens with zero attached hydrogens (tertiary/aromatic N) is 1. The lowest BCUT2D eigenvalue weighted by Gasteiger charge is -2.33. The summed E-state index contributed by atoms with van der Waals surface area (Å²) in [5.41, 5.74) is 0.811. The van der Waals surface area contributed by atoms with Gasteiger partial charge in [0.2, 0.25) is 0 Å². The summed E-state index contributed by atoms with van der Waals surface area (Å²) in [5.74, 6) is -1.85. The molecule has 1 rings (SSSR count). The van der Waals surface area contributed by atoms with Crippen LogP contribution in [0.3, 0.4) is 0 Å². The number of carbonyl (C=O) groups is 2. The van der Waals surface area contributed by atoms with Gasteiger partial charge in [-0.05, 0) is 63.6 Å². The Hall–Kier alpha value is -1.08. The van der Waals surface area contributed by atoms with Gasteiger partial charge < -0.3 is 14.0 Å². The normalized spacial score (nSPS) is 22.3. The van der Waals surface area contributed by atoms with E-state index in [1.54, 1.807) is 13.8 Å². The van der Waals surface area contributed by atoms with Gasteiger partial charge in [-0.1, -0.05) is 27.2 Å². The van der Waals surface area contributed by atoms with E-state index >= 15 is 0 Å². The largest absolute Gasteiger partial charge is 0.465 e. The Morgan fingerprint density at radius 2 is 1.69 bits per heavy atom. The Balaban J connectivity index is 2.96. The third-order valence-electron chi connectivity index (χ3n) is 5.84. The zero-order valence-electron chi connectivity index (χ0n) is 19.0. The molecule has 0 saturated heterocycles. The van der Waals surface area contributed by atoms with Crippen LogP contribution in [0.4, 0.5) is 0 Å². The van der Waals surface area contributed by atoms with E-state index in [9.17, 15) is 9.59 Å². The van der Waals surface area contributed by atoms with Crippen LogP contribution in [0.2, 0.25) is 18.1 Å². The van der Waals surface area contributed by atoms with Gasteiger partial charge in [-0.2, -0.15) is 0 Å². The van der Waals surface area contributed by atoms with Crippen molar-refractivity contribution in [3.63, 3.8) is 0 Å². The third-order valence-corrected chi connectivity index (χ3v) is 10.5. The SMILES string of the molecule is CCOC(=O)C(CC1CCCC(Cl)C(=NO[Si](C)(C)C(C)(C)C)C1)C(=O)OCC. The van der Waals surface area contributed by atoms with Gasteiger partial charge in [-0.3, -0.25) is 9.59 Å². The van der Waals surface area contributed by atoms with E-state index in [4.69, 9.17) is 25.6 Å². The van der Waals surface area contributed by atoms with Crippen molar-refractivity contribution < 1.29 is 23.6 Å². The van der Waals surface area contributed by atoms with Crippen LogP contribution in [-0.2, 0) is 23.6 Å². The predicted octanol–water partition coefficient (Wildman–Crippen LogP) is 5.29. The molecule has 1 aliphatic carbocycles. The summed E-state index contributed by atoms with van der Waals surface area (Å²) in [4.78, 5) is 24.7. The van der Waals surface area contributed by atoms with Crippen LogP contribution in [0.25, 0.3) is 0 Å². The molecule has 0 aliphatic heterocycles. The molecule has 29 heavy (non-hydrogen) atoms. The average Bonchev–Trinajstić information content (AvgIpc) is 2.78.